The maximum absolute atomic E-state index is 4.66. The summed E-state index contributed by atoms with van der Waals surface area (Å²) < 4.78 is 2.18. The van der Waals surface area contributed by atoms with Crippen molar-refractivity contribution < 1.29 is 0 Å². The summed E-state index contributed by atoms with van der Waals surface area (Å²) in [4.78, 5) is 9.06. The Morgan fingerprint density at radius 1 is 1.44 bits per heavy atom. The molecular weight excluding hydrogens is 200 g/mol. The number of hydrogen-bond acceptors (Lipinski definition) is 3. The van der Waals surface area contributed by atoms with Gasteiger partial charge in [-0.15, -0.1) is 0 Å². The van der Waals surface area contributed by atoms with E-state index in [4.69, 9.17) is 0 Å². The Balaban J connectivity index is 2.60. The topological polar surface area (TPSA) is 42.7 Å². The molecule has 16 heavy (non-hydrogen) atoms. The fraction of sp³-hybridized carbons (Fsp3) is 0.500. The van der Waals surface area contributed by atoms with Gasteiger partial charge >= 0.3 is 0 Å². The van der Waals surface area contributed by atoms with Gasteiger partial charge in [0.15, 0.2) is 5.65 Å². The molecule has 0 amide bonds. The molecular formula is C12H18N4. The fourth-order valence-electron chi connectivity index (χ4n) is 2.07. The van der Waals surface area contributed by atoms with E-state index in [2.05, 4.69) is 33.7 Å². The maximum Gasteiger partial charge on any atom is 0.160 e. The van der Waals surface area contributed by atoms with Gasteiger partial charge in [-0.05, 0) is 32.5 Å². The lowest BCUT2D eigenvalue weighted by atomic mass is 10.2. The fourth-order valence-corrected chi connectivity index (χ4v) is 2.07. The quantitative estimate of drug-likeness (QED) is 0.854. The number of nitrogens with one attached hydrogen (secondary N) is 1. The number of pyridine rings is 1. The second-order valence-corrected chi connectivity index (χ2v) is 3.81. The van der Waals surface area contributed by atoms with Gasteiger partial charge in [-0.2, -0.15) is 0 Å². The van der Waals surface area contributed by atoms with Crippen LogP contribution in [0.15, 0.2) is 18.3 Å². The molecule has 0 saturated carbocycles. The molecule has 0 aliphatic carbocycles. The van der Waals surface area contributed by atoms with Crippen LogP contribution in [0.4, 0.5) is 0 Å². The second-order valence-electron chi connectivity index (χ2n) is 3.81. The van der Waals surface area contributed by atoms with Gasteiger partial charge in [0.25, 0.3) is 0 Å². The number of aromatic nitrogens is 3. The van der Waals surface area contributed by atoms with E-state index in [1.807, 2.05) is 25.4 Å². The van der Waals surface area contributed by atoms with Crippen LogP contribution in [0.3, 0.4) is 0 Å². The van der Waals surface area contributed by atoms with E-state index in [0.717, 1.165) is 30.0 Å². The van der Waals surface area contributed by atoms with E-state index in [0.29, 0.717) is 6.04 Å². The van der Waals surface area contributed by atoms with E-state index in [9.17, 15) is 0 Å². The Bertz CT molecular complexity index is 471. The molecule has 4 nitrogen and oxygen atoms in total. The van der Waals surface area contributed by atoms with Crippen molar-refractivity contribution in [1.82, 2.24) is 19.9 Å². The molecule has 0 bridgehead atoms. The molecule has 0 saturated heterocycles. The largest absolute Gasteiger partial charge is 0.312 e. The predicted molar refractivity (Wildman–Crippen MR) is 65.3 cm³/mol. The van der Waals surface area contributed by atoms with Crippen molar-refractivity contribution >= 4 is 11.2 Å². The zero-order chi connectivity index (χ0) is 11.5. The number of imidazole rings is 1. The van der Waals surface area contributed by atoms with Crippen LogP contribution < -0.4 is 5.32 Å². The monoisotopic (exact) mass is 218 g/mol. The Morgan fingerprint density at radius 2 is 2.25 bits per heavy atom. The Morgan fingerprint density at radius 3 is 2.88 bits per heavy atom. The van der Waals surface area contributed by atoms with Gasteiger partial charge in [0, 0.05) is 12.7 Å². The average molecular weight is 218 g/mol. The molecule has 1 atom stereocenters. The summed E-state index contributed by atoms with van der Waals surface area (Å²) in [5.41, 5.74) is 1.96. The van der Waals surface area contributed by atoms with Crippen LogP contribution in [0.5, 0.6) is 0 Å². The molecule has 0 fully saturated rings. The number of aryl methyl sites for hydroxylation is 1. The summed E-state index contributed by atoms with van der Waals surface area (Å²) in [6, 6.07) is 4.24. The molecule has 1 unspecified atom stereocenters. The van der Waals surface area contributed by atoms with Crippen molar-refractivity contribution in [2.75, 3.05) is 7.05 Å². The maximum atomic E-state index is 4.66. The molecule has 2 aromatic rings. The number of rotatable bonds is 4. The summed E-state index contributed by atoms with van der Waals surface area (Å²) in [6.45, 7) is 5.19. The van der Waals surface area contributed by atoms with Crippen LogP contribution in [0.2, 0.25) is 0 Å². The highest BCUT2D eigenvalue weighted by molar-refractivity contribution is 5.71. The SMILES string of the molecule is CCC(NC)c1nc2cccnc2n1CC. The van der Waals surface area contributed by atoms with Gasteiger partial charge in [0.05, 0.1) is 6.04 Å². The summed E-state index contributed by atoms with van der Waals surface area (Å²) in [5, 5.41) is 3.29. The average Bonchev–Trinajstić information content (AvgIpc) is 2.69. The molecule has 0 spiro atoms. The highest BCUT2D eigenvalue weighted by Gasteiger charge is 2.16. The summed E-state index contributed by atoms with van der Waals surface area (Å²) >= 11 is 0. The second kappa shape index (κ2) is 4.61. The van der Waals surface area contributed by atoms with Gasteiger partial charge < -0.3 is 9.88 Å². The van der Waals surface area contributed by atoms with Crippen LogP contribution in [-0.4, -0.2) is 21.6 Å². The van der Waals surface area contributed by atoms with Crippen LogP contribution >= 0.6 is 0 Å². The number of fused-ring (bicyclic) bond motifs is 1. The van der Waals surface area contributed by atoms with Crippen LogP contribution in [0.25, 0.3) is 11.2 Å². The van der Waals surface area contributed by atoms with Crippen molar-refractivity contribution in [1.29, 1.82) is 0 Å². The van der Waals surface area contributed by atoms with Crippen LogP contribution in [-0.2, 0) is 6.54 Å². The molecule has 86 valence electrons. The first-order chi connectivity index (χ1) is 7.81. The zero-order valence-corrected chi connectivity index (χ0v) is 10.1. The standard InChI is InChI=1S/C12H18N4/c1-4-9(13-3)12-15-10-7-6-8-14-11(10)16(12)5-2/h6-9,13H,4-5H2,1-3H3. The van der Waals surface area contributed by atoms with Crippen molar-refractivity contribution in [3.63, 3.8) is 0 Å². The Kier molecular flexibility index (Phi) is 3.19. The highest BCUT2D eigenvalue weighted by atomic mass is 15.2. The molecule has 4 heteroatoms. The van der Waals surface area contributed by atoms with E-state index in [1.165, 1.54) is 0 Å². The Hall–Kier alpha value is -1.42. The van der Waals surface area contributed by atoms with Crippen molar-refractivity contribution in [3.8, 4) is 0 Å². The lowest BCUT2D eigenvalue weighted by Crippen LogP contribution is -2.20. The first-order valence-electron chi connectivity index (χ1n) is 5.80. The third-order valence-electron chi connectivity index (χ3n) is 2.92. The van der Waals surface area contributed by atoms with E-state index >= 15 is 0 Å². The molecule has 1 N–H and O–H groups in total. The zero-order valence-electron chi connectivity index (χ0n) is 10.1. The number of hydrogen-bond donors (Lipinski definition) is 1. The van der Waals surface area contributed by atoms with E-state index in [1.54, 1.807) is 0 Å². The smallest absolute Gasteiger partial charge is 0.160 e. The third-order valence-corrected chi connectivity index (χ3v) is 2.92. The first-order valence-corrected chi connectivity index (χ1v) is 5.80. The highest BCUT2D eigenvalue weighted by Crippen LogP contribution is 2.20. The molecule has 0 aromatic carbocycles. The summed E-state index contributed by atoms with van der Waals surface area (Å²) in [7, 11) is 1.97. The minimum atomic E-state index is 0.300. The molecule has 2 aromatic heterocycles. The predicted octanol–water partition coefficient (Wildman–Crippen LogP) is 2.12. The van der Waals surface area contributed by atoms with Gasteiger partial charge in [-0.3, -0.25) is 0 Å². The minimum Gasteiger partial charge on any atom is -0.312 e. The van der Waals surface area contributed by atoms with E-state index in [-0.39, 0.29) is 0 Å². The van der Waals surface area contributed by atoms with Crippen molar-refractivity contribution in [2.45, 2.75) is 32.9 Å². The molecule has 2 heterocycles. The van der Waals surface area contributed by atoms with Gasteiger partial charge in [-0.1, -0.05) is 6.92 Å². The Labute approximate surface area is 95.7 Å². The third kappa shape index (κ3) is 1.69. The lowest BCUT2D eigenvalue weighted by Gasteiger charge is -2.14. The summed E-state index contributed by atoms with van der Waals surface area (Å²) in [5.74, 6) is 1.08. The first kappa shape index (κ1) is 11.1. The minimum absolute atomic E-state index is 0.300. The summed E-state index contributed by atoms with van der Waals surface area (Å²) in [6.07, 6.45) is 2.85. The van der Waals surface area contributed by atoms with Crippen molar-refractivity contribution in [2.24, 2.45) is 0 Å². The number of nitrogens with zero attached hydrogens (tertiary/aromatic N) is 3. The molecule has 0 radical (unpaired) electrons. The normalized spacial score (nSPS) is 13.2. The molecule has 2 rings (SSSR count). The molecule has 0 aliphatic heterocycles. The van der Waals surface area contributed by atoms with Gasteiger partial charge in [0.2, 0.25) is 0 Å². The van der Waals surface area contributed by atoms with Crippen LogP contribution in [0.1, 0.15) is 32.1 Å². The van der Waals surface area contributed by atoms with Gasteiger partial charge in [0.1, 0.15) is 11.3 Å². The molecule has 0 aliphatic rings. The van der Waals surface area contributed by atoms with Crippen LogP contribution in [0, 0.1) is 0 Å². The van der Waals surface area contributed by atoms with Gasteiger partial charge in [-0.25, -0.2) is 9.97 Å². The van der Waals surface area contributed by atoms with Crippen molar-refractivity contribution in [3.05, 3.63) is 24.2 Å². The van der Waals surface area contributed by atoms with E-state index < -0.39 is 0 Å². The lowest BCUT2D eigenvalue weighted by molar-refractivity contribution is 0.516.